The highest BCUT2D eigenvalue weighted by Crippen LogP contribution is 2.35. The number of hydrogen-bond acceptors (Lipinski definition) is 6. The summed E-state index contributed by atoms with van der Waals surface area (Å²) < 4.78 is 62.5. The van der Waals surface area contributed by atoms with E-state index in [0.29, 0.717) is 16.5 Å². The average molecular weight is 501 g/mol. The number of hydrogen-bond donors (Lipinski definition) is 2. The maximum absolute atomic E-state index is 13.9. The monoisotopic (exact) mass is 500 g/mol. The molecule has 4 rings (SSSR count). The number of rotatable bonds is 8. The van der Waals surface area contributed by atoms with Crippen LogP contribution >= 0.6 is 0 Å². The molecule has 0 fully saturated rings. The second kappa shape index (κ2) is 9.38. The smallest absolute Gasteiger partial charge is 0.191 e. The molecule has 1 unspecified atom stereocenters. The van der Waals surface area contributed by atoms with E-state index in [0.717, 1.165) is 12.3 Å². The summed E-state index contributed by atoms with van der Waals surface area (Å²) in [6, 6.07) is 10.9. The fourth-order valence-electron chi connectivity index (χ4n) is 3.82. The second-order valence-electron chi connectivity index (χ2n) is 7.89. The number of benzene rings is 3. The lowest BCUT2D eigenvalue weighted by atomic mass is 9.95. The molecule has 0 spiro atoms. The van der Waals surface area contributed by atoms with Crippen molar-refractivity contribution in [3.8, 4) is 11.5 Å². The predicted molar refractivity (Wildman–Crippen MR) is 128 cm³/mol. The first-order chi connectivity index (χ1) is 16.6. The van der Waals surface area contributed by atoms with Gasteiger partial charge in [0, 0.05) is 52.3 Å². The maximum atomic E-state index is 13.9. The van der Waals surface area contributed by atoms with Crippen LogP contribution in [0.4, 0.5) is 14.5 Å². The molecule has 2 N–H and O–H groups in total. The molecule has 3 aromatic carbocycles. The Morgan fingerprint density at radius 2 is 1.69 bits per heavy atom. The van der Waals surface area contributed by atoms with Crippen molar-refractivity contribution in [1.82, 2.24) is 4.98 Å². The van der Waals surface area contributed by atoms with Crippen LogP contribution in [-0.2, 0) is 9.84 Å². The first-order valence-corrected chi connectivity index (χ1v) is 12.3. The Hall–Kier alpha value is -3.92. The van der Waals surface area contributed by atoms with Gasteiger partial charge in [0.2, 0.25) is 0 Å². The number of ketones is 1. The van der Waals surface area contributed by atoms with Crippen LogP contribution in [0.1, 0.15) is 22.0 Å². The number of fused-ring (bicyclic) bond motifs is 1. The molecule has 0 radical (unpaired) electrons. The molecule has 35 heavy (non-hydrogen) atoms. The number of aromatic amines is 1. The zero-order chi connectivity index (χ0) is 25.3. The van der Waals surface area contributed by atoms with Crippen LogP contribution in [0.3, 0.4) is 0 Å². The van der Waals surface area contributed by atoms with E-state index < -0.39 is 33.3 Å². The summed E-state index contributed by atoms with van der Waals surface area (Å²) in [4.78, 5) is 16.7. The summed E-state index contributed by atoms with van der Waals surface area (Å²) in [5, 5.41) is 3.55. The molecule has 7 nitrogen and oxygen atoms in total. The fourth-order valence-corrected chi connectivity index (χ4v) is 4.49. The Bertz CT molecular complexity index is 1530. The van der Waals surface area contributed by atoms with Gasteiger partial charge in [0.1, 0.15) is 29.2 Å². The quantitative estimate of drug-likeness (QED) is 0.334. The van der Waals surface area contributed by atoms with E-state index in [2.05, 4.69) is 10.3 Å². The number of ether oxygens (including phenoxy) is 2. The minimum absolute atomic E-state index is 0.0146. The molecule has 0 aliphatic carbocycles. The van der Waals surface area contributed by atoms with E-state index in [4.69, 9.17) is 9.47 Å². The second-order valence-corrected chi connectivity index (χ2v) is 9.91. The van der Waals surface area contributed by atoms with Crippen LogP contribution in [0.2, 0.25) is 0 Å². The van der Waals surface area contributed by atoms with Crippen molar-refractivity contribution in [2.45, 2.75) is 10.9 Å². The molecule has 1 atom stereocenters. The van der Waals surface area contributed by atoms with Gasteiger partial charge in [-0.15, -0.1) is 0 Å². The highest BCUT2D eigenvalue weighted by molar-refractivity contribution is 7.90. The number of H-pyrrole nitrogens is 1. The molecule has 1 heterocycles. The number of sulfone groups is 1. The van der Waals surface area contributed by atoms with Crippen molar-refractivity contribution >= 4 is 32.2 Å². The third-order valence-corrected chi connectivity index (χ3v) is 6.62. The standard InChI is InChI=1S/C25H22F2N2O5S/c1-33-17-10-16(11-18(12-17)35(3,31)32)29-24(20-7-5-15(27)9-23(20)34-2)25(30)21-13-28-22-8-14(26)4-6-19(21)22/h4-13,24,28-29H,1-3H3. The molecular weight excluding hydrogens is 478 g/mol. The lowest BCUT2D eigenvalue weighted by Gasteiger charge is -2.22. The Morgan fingerprint density at radius 3 is 2.37 bits per heavy atom. The van der Waals surface area contributed by atoms with Crippen molar-refractivity contribution in [1.29, 1.82) is 0 Å². The molecular formula is C25H22F2N2O5S. The van der Waals surface area contributed by atoms with Gasteiger partial charge in [-0.25, -0.2) is 17.2 Å². The zero-order valence-corrected chi connectivity index (χ0v) is 19.9. The average Bonchev–Trinajstić information content (AvgIpc) is 3.24. The third kappa shape index (κ3) is 4.97. The summed E-state index contributed by atoms with van der Waals surface area (Å²) >= 11 is 0. The molecule has 4 aromatic rings. The van der Waals surface area contributed by atoms with E-state index in [-0.39, 0.29) is 27.6 Å². The lowest BCUT2D eigenvalue weighted by Crippen LogP contribution is -2.22. The van der Waals surface area contributed by atoms with E-state index in [1.807, 2.05) is 0 Å². The van der Waals surface area contributed by atoms with E-state index >= 15 is 0 Å². The van der Waals surface area contributed by atoms with E-state index in [1.165, 1.54) is 68.9 Å². The lowest BCUT2D eigenvalue weighted by molar-refractivity contribution is 0.0970. The summed E-state index contributed by atoms with van der Waals surface area (Å²) in [7, 11) is -0.853. The Labute approximate surface area is 200 Å². The van der Waals surface area contributed by atoms with Crippen LogP contribution in [0.15, 0.2) is 65.7 Å². The Balaban J connectivity index is 1.87. The maximum Gasteiger partial charge on any atom is 0.191 e. The van der Waals surface area contributed by atoms with Crippen LogP contribution < -0.4 is 14.8 Å². The molecule has 1 aromatic heterocycles. The molecule has 0 bridgehead atoms. The summed E-state index contributed by atoms with van der Waals surface area (Å²) in [5.41, 5.74) is 1.29. The number of Topliss-reactive ketones (excluding diaryl/α,β-unsaturated/α-hetero) is 1. The number of carbonyl (C=O) groups is 1. The number of methoxy groups -OCH3 is 2. The van der Waals surface area contributed by atoms with Gasteiger partial charge in [0.25, 0.3) is 0 Å². The number of aromatic nitrogens is 1. The molecule has 0 amide bonds. The minimum atomic E-state index is -3.59. The van der Waals surface area contributed by atoms with Crippen molar-refractivity contribution in [2.24, 2.45) is 0 Å². The molecule has 182 valence electrons. The van der Waals surface area contributed by atoms with Crippen LogP contribution in [-0.4, -0.2) is 39.7 Å². The van der Waals surface area contributed by atoms with Gasteiger partial charge in [0.15, 0.2) is 15.6 Å². The topological polar surface area (TPSA) is 97.5 Å². The van der Waals surface area contributed by atoms with Crippen LogP contribution in [0.5, 0.6) is 11.5 Å². The zero-order valence-electron chi connectivity index (χ0n) is 19.1. The van der Waals surface area contributed by atoms with Crippen LogP contribution in [0.25, 0.3) is 10.9 Å². The minimum Gasteiger partial charge on any atom is -0.497 e. The number of nitrogens with one attached hydrogen (secondary N) is 2. The fraction of sp³-hybridized carbons (Fsp3) is 0.160. The highest BCUT2D eigenvalue weighted by atomic mass is 32.2. The van der Waals surface area contributed by atoms with Gasteiger partial charge in [0.05, 0.1) is 19.1 Å². The van der Waals surface area contributed by atoms with E-state index in [9.17, 15) is 22.0 Å². The van der Waals surface area contributed by atoms with Crippen molar-refractivity contribution in [3.63, 3.8) is 0 Å². The summed E-state index contributed by atoms with van der Waals surface area (Å²) in [6.45, 7) is 0. The van der Waals surface area contributed by atoms with Gasteiger partial charge >= 0.3 is 0 Å². The van der Waals surface area contributed by atoms with E-state index in [1.54, 1.807) is 0 Å². The van der Waals surface area contributed by atoms with Gasteiger partial charge in [-0.3, -0.25) is 4.79 Å². The number of halogens is 2. The number of anilines is 1. The van der Waals surface area contributed by atoms with Gasteiger partial charge in [-0.1, -0.05) is 0 Å². The first kappa shape index (κ1) is 24.2. The van der Waals surface area contributed by atoms with Gasteiger partial charge < -0.3 is 19.8 Å². The van der Waals surface area contributed by atoms with Gasteiger partial charge in [-0.05, 0) is 42.5 Å². The molecule has 0 saturated carbocycles. The largest absolute Gasteiger partial charge is 0.497 e. The highest BCUT2D eigenvalue weighted by Gasteiger charge is 2.28. The predicted octanol–water partition coefficient (Wildman–Crippen LogP) is 4.90. The Kier molecular flexibility index (Phi) is 6.49. The number of carbonyl (C=O) groups excluding carboxylic acids is 1. The van der Waals surface area contributed by atoms with Crippen molar-refractivity contribution < 1.29 is 31.5 Å². The van der Waals surface area contributed by atoms with Crippen molar-refractivity contribution in [2.75, 3.05) is 25.8 Å². The molecule has 0 saturated heterocycles. The molecule has 0 aliphatic heterocycles. The Morgan fingerprint density at radius 1 is 0.971 bits per heavy atom. The SMILES string of the molecule is COc1cc(NC(C(=O)c2c[nH]c3cc(F)ccc23)c2ccc(F)cc2OC)cc(S(C)(=O)=O)c1. The molecule has 10 heteroatoms. The van der Waals surface area contributed by atoms with Crippen molar-refractivity contribution in [3.05, 3.63) is 83.6 Å². The summed E-state index contributed by atoms with van der Waals surface area (Å²) in [5.74, 6) is -1.07. The molecule has 0 aliphatic rings. The third-order valence-electron chi connectivity index (χ3n) is 5.53. The van der Waals surface area contributed by atoms with Crippen LogP contribution in [0, 0.1) is 11.6 Å². The normalized spacial score (nSPS) is 12.4. The first-order valence-electron chi connectivity index (χ1n) is 10.4. The van der Waals surface area contributed by atoms with Gasteiger partial charge in [-0.2, -0.15) is 0 Å². The summed E-state index contributed by atoms with van der Waals surface area (Å²) in [6.07, 6.45) is 2.52.